The molecule has 0 saturated heterocycles. The molecule has 34 heavy (non-hydrogen) atoms. The molecule has 1 aliphatic heterocycles. The highest BCUT2D eigenvalue weighted by Gasteiger charge is 2.43. The molecule has 2 unspecified atom stereocenters. The van der Waals surface area contributed by atoms with Crippen molar-refractivity contribution in [2.75, 3.05) is 14.2 Å². The van der Waals surface area contributed by atoms with Gasteiger partial charge in [0.2, 0.25) is 0 Å². The molecule has 3 aromatic rings. The number of aromatic nitrogens is 1. The largest absolute Gasteiger partial charge is 0.508 e. The van der Waals surface area contributed by atoms with Crippen molar-refractivity contribution >= 4 is 29.0 Å². The Morgan fingerprint density at radius 3 is 2.38 bits per heavy atom. The SMILES string of the molecule is COC(=O)C1=C(C)N=C(C)C(C(=O)OC)C1c1ccccc1-c1nc(-c2ccc(O)cc2)cs1. The van der Waals surface area contributed by atoms with Gasteiger partial charge in [0, 0.05) is 33.8 Å². The van der Waals surface area contributed by atoms with E-state index in [0.29, 0.717) is 17.0 Å². The third-order valence-corrected chi connectivity index (χ3v) is 6.76. The molecule has 174 valence electrons. The molecule has 1 aromatic heterocycles. The summed E-state index contributed by atoms with van der Waals surface area (Å²) < 4.78 is 10.2. The van der Waals surface area contributed by atoms with Crippen LogP contribution in [0, 0.1) is 5.92 Å². The first-order valence-corrected chi connectivity index (χ1v) is 11.5. The summed E-state index contributed by atoms with van der Waals surface area (Å²) in [7, 11) is 2.64. The van der Waals surface area contributed by atoms with Crippen LogP contribution in [0.25, 0.3) is 21.8 Å². The Hall–Kier alpha value is -3.78. The van der Waals surface area contributed by atoms with Crippen molar-refractivity contribution < 1.29 is 24.2 Å². The maximum absolute atomic E-state index is 12.9. The molecule has 0 aliphatic carbocycles. The van der Waals surface area contributed by atoms with Crippen molar-refractivity contribution in [1.29, 1.82) is 0 Å². The minimum absolute atomic E-state index is 0.185. The maximum atomic E-state index is 12.9. The molecule has 0 radical (unpaired) electrons. The first-order valence-electron chi connectivity index (χ1n) is 10.6. The molecular weight excluding hydrogens is 452 g/mol. The van der Waals surface area contributed by atoms with Gasteiger partial charge < -0.3 is 14.6 Å². The lowest BCUT2D eigenvalue weighted by atomic mass is 9.74. The smallest absolute Gasteiger partial charge is 0.336 e. The number of benzene rings is 2. The minimum atomic E-state index is -0.777. The zero-order chi connectivity index (χ0) is 24.4. The van der Waals surface area contributed by atoms with Gasteiger partial charge in [0.05, 0.1) is 25.5 Å². The number of hydrogen-bond acceptors (Lipinski definition) is 8. The summed E-state index contributed by atoms with van der Waals surface area (Å²) in [5.74, 6) is -2.24. The summed E-state index contributed by atoms with van der Waals surface area (Å²) in [4.78, 5) is 35.0. The fourth-order valence-corrected chi connectivity index (χ4v) is 5.18. The Labute approximate surface area is 201 Å². The molecule has 0 amide bonds. The second kappa shape index (κ2) is 9.61. The van der Waals surface area contributed by atoms with Crippen LogP contribution < -0.4 is 0 Å². The third-order valence-electron chi connectivity index (χ3n) is 5.88. The van der Waals surface area contributed by atoms with Crippen LogP contribution in [0.15, 0.2) is 70.2 Å². The number of esters is 2. The Bertz CT molecular complexity index is 1310. The Kier molecular flexibility index (Phi) is 6.61. The van der Waals surface area contributed by atoms with Crippen LogP contribution in [0.2, 0.25) is 0 Å². The number of allylic oxidation sites excluding steroid dienone is 1. The molecule has 4 rings (SSSR count). The van der Waals surface area contributed by atoms with E-state index in [2.05, 4.69) is 4.99 Å². The Balaban J connectivity index is 1.87. The van der Waals surface area contributed by atoms with Gasteiger partial charge in [-0.15, -0.1) is 11.3 Å². The maximum Gasteiger partial charge on any atom is 0.336 e. The monoisotopic (exact) mass is 476 g/mol. The normalized spacial score (nSPS) is 17.8. The predicted molar refractivity (Wildman–Crippen MR) is 131 cm³/mol. The number of aromatic hydroxyl groups is 1. The molecule has 2 heterocycles. The van der Waals surface area contributed by atoms with Crippen LogP contribution in [-0.2, 0) is 19.1 Å². The van der Waals surface area contributed by atoms with E-state index in [9.17, 15) is 14.7 Å². The zero-order valence-electron chi connectivity index (χ0n) is 19.2. The third kappa shape index (κ3) is 4.24. The summed E-state index contributed by atoms with van der Waals surface area (Å²) in [6.07, 6.45) is 0. The van der Waals surface area contributed by atoms with Crippen LogP contribution >= 0.6 is 11.3 Å². The van der Waals surface area contributed by atoms with E-state index in [1.165, 1.54) is 25.6 Å². The van der Waals surface area contributed by atoms with Crippen molar-refractivity contribution in [3.63, 3.8) is 0 Å². The van der Waals surface area contributed by atoms with Gasteiger partial charge in [-0.25, -0.2) is 9.78 Å². The number of carbonyl (C=O) groups is 2. The highest BCUT2D eigenvalue weighted by Crippen LogP contribution is 2.44. The fourth-order valence-electron chi connectivity index (χ4n) is 4.31. The highest BCUT2D eigenvalue weighted by atomic mass is 32.1. The molecular formula is C26H24N2O5S. The number of phenols is 1. The molecule has 1 N–H and O–H groups in total. The van der Waals surface area contributed by atoms with Gasteiger partial charge in [0.25, 0.3) is 0 Å². The number of thiazole rings is 1. The number of rotatable bonds is 5. The molecule has 8 heteroatoms. The van der Waals surface area contributed by atoms with Crippen LogP contribution in [-0.4, -0.2) is 42.0 Å². The Morgan fingerprint density at radius 1 is 1.00 bits per heavy atom. The van der Waals surface area contributed by atoms with Crippen LogP contribution in [0.5, 0.6) is 5.75 Å². The van der Waals surface area contributed by atoms with Gasteiger partial charge >= 0.3 is 11.9 Å². The molecule has 0 fully saturated rings. The van der Waals surface area contributed by atoms with Crippen molar-refractivity contribution in [2.24, 2.45) is 10.9 Å². The van der Waals surface area contributed by atoms with Crippen LogP contribution in [0.4, 0.5) is 0 Å². The van der Waals surface area contributed by atoms with E-state index in [4.69, 9.17) is 14.5 Å². The van der Waals surface area contributed by atoms with Gasteiger partial charge in [-0.05, 0) is 43.7 Å². The van der Waals surface area contributed by atoms with E-state index >= 15 is 0 Å². The topological polar surface area (TPSA) is 98.1 Å². The van der Waals surface area contributed by atoms with E-state index in [-0.39, 0.29) is 5.75 Å². The van der Waals surface area contributed by atoms with Crippen molar-refractivity contribution in [1.82, 2.24) is 4.98 Å². The average Bonchev–Trinajstić information content (AvgIpc) is 3.33. The lowest BCUT2D eigenvalue weighted by molar-refractivity contribution is -0.143. The standard InChI is InChI=1S/C26H24N2O5S/c1-14-21(25(30)32-3)23(22(15(2)27-14)26(31)33-4)18-7-5-6-8-19(18)24-28-20(13-34-24)16-9-11-17(29)12-10-16/h5-13,21,23,29H,1-4H3. The number of aliphatic imine (C=N–C) groups is 1. The summed E-state index contributed by atoms with van der Waals surface area (Å²) in [5.41, 5.74) is 4.61. The first kappa shape index (κ1) is 23.4. The lowest BCUT2D eigenvalue weighted by Crippen LogP contribution is -2.36. The average molecular weight is 477 g/mol. The second-order valence-corrected chi connectivity index (χ2v) is 8.75. The van der Waals surface area contributed by atoms with Gasteiger partial charge in [0.15, 0.2) is 0 Å². The molecule has 0 spiro atoms. The molecule has 2 aromatic carbocycles. The number of methoxy groups -OCH3 is 2. The Morgan fingerprint density at radius 2 is 1.71 bits per heavy atom. The number of carbonyl (C=O) groups excluding carboxylic acids is 2. The summed E-state index contributed by atoms with van der Waals surface area (Å²) in [6, 6.07) is 14.4. The van der Waals surface area contributed by atoms with Crippen LogP contribution in [0.1, 0.15) is 25.3 Å². The fraction of sp³-hybridized carbons (Fsp3) is 0.231. The van der Waals surface area contributed by atoms with Gasteiger partial charge in [0.1, 0.15) is 16.7 Å². The summed E-state index contributed by atoms with van der Waals surface area (Å²) in [6.45, 7) is 3.51. The molecule has 2 atom stereocenters. The quantitative estimate of drug-likeness (QED) is 0.522. The summed E-state index contributed by atoms with van der Waals surface area (Å²) in [5, 5.41) is 12.3. The van der Waals surface area contributed by atoms with Crippen molar-refractivity contribution in [3.05, 3.63) is 70.7 Å². The van der Waals surface area contributed by atoms with E-state index < -0.39 is 23.8 Å². The van der Waals surface area contributed by atoms with Gasteiger partial charge in [-0.1, -0.05) is 24.3 Å². The van der Waals surface area contributed by atoms with Crippen molar-refractivity contribution in [2.45, 2.75) is 19.8 Å². The minimum Gasteiger partial charge on any atom is -0.508 e. The molecule has 0 bridgehead atoms. The number of phenolic OH excluding ortho intramolecular Hbond substituents is 1. The molecule has 1 aliphatic rings. The second-order valence-electron chi connectivity index (χ2n) is 7.89. The number of hydrogen-bond donors (Lipinski definition) is 1. The van der Waals surface area contributed by atoms with Crippen LogP contribution in [0.3, 0.4) is 0 Å². The number of ether oxygens (including phenoxy) is 2. The molecule has 7 nitrogen and oxygen atoms in total. The number of nitrogens with zero attached hydrogens (tertiary/aromatic N) is 2. The van der Waals surface area contributed by atoms with E-state index in [1.807, 2.05) is 29.6 Å². The van der Waals surface area contributed by atoms with Gasteiger partial charge in [-0.3, -0.25) is 9.79 Å². The lowest BCUT2D eigenvalue weighted by Gasteiger charge is -2.32. The first-order chi connectivity index (χ1) is 16.3. The summed E-state index contributed by atoms with van der Waals surface area (Å²) >= 11 is 1.46. The van der Waals surface area contributed by atoms with Crippen molar-refractivity contribution in [3.8, 4) is 27.6 Å². The highest BCUT2D eigenvalue weighted by molar-refractivity contribution is 7.13. The van der Waals surface area contributed by atoms with E-state index in [1.54, 1.807) is 38.1 Å². The van der Waals surface area contributed by atoms with Gasteiger partial charge in [-0.2, -0.15) is 0 Å². The van der Waals surface area contributed by atoms with E-state index in [0.717, 1.165) is 27.4 Å². The predicted octanol–water partition coefficient (Wildman–Crippen LogP) is 4.98. The molecule has 0 saturated carbocycles. The zero-order valence-corrected chi connectivity index (χ0v) is 20.1.